The number of nitrogens with zero attached hydrogens (tertiary/aromatic N) is 1. The quantitative estimate of drug-likeness (QED) is 0.915. The summed E-state index contributed by atoms with van der Waals surface area (Å²) in [4.78, 5) is 2.62. The molecule has 1 saturated carbocycles. The van der Waals surface area contributed by atoms with E-state index in [1.807, 2.05) is 13.0 Å². The first-order valence-electron chi connectivity index (χ1n) is 8.27. The number of halogens is 1. The number of hydrogen-bond donors (Lipinski definition) is 1. The smallest absolute Gasteiger partial charge is 0.123 e. The number of rotatable bonds is 4. The fourth-order valence-corrected chi connectivity index (χ4v) is 3.56. The Bertz CT molecular complexity index is 496. The third-order valence-electron chi connectivity index (χ3n) is 5.13. The SMILES string of the molecule is Cc1cc(F)ccc1CN1CC(C2CC2)NCC1C(C)C. The molecule has 3 heteroatoms. The van der Waals surface area contributed by atoms with Crippen LogP contribution in [0.3, 0.4) is 0 Å². The molecule has 1 N–H and O–H groups in total. The largest absolute Gasteiger partial charge is 0.311 e. The second-order valence-electron chi connectivity index (χ2n) is 7.16. The number of aryl methyl sites for hydroxylation is 1. The van der Waals surface area contributed by atoms with Crippen LogP contribution in [-0.4, -0.2) is 30.1 Å². The highest BCUT2D eigenvalue weighted by molar-refractivity contribution is 5.26. The average Bonchev–Trinajstić information content (AvgIpc) is 3.26. The summed E-state index contributed by atoms with van der Waals surface area (Å²) in [5, 5.41) is 3.75. The van der Waals surface area contributed by atoms with Crippen molar-refractivity contribution in [2.24, 2.45) is 11.8 Å². The summed E-state index contributed by atoms with van der Waals surface area (Å²) < 4.78 is 13.3. The highest BCUT2D eigenvalue weighted by Crippen LogP contribution is 2.35. The summed E-state index contributed by atoms with van der Waals surface area (Å²) in [7, 11) is 0. The highest BCUT2D eigenvalue weighted by atomic mass is 19.1. The maximum absolute atomic E-state index is 13.3. The van der Waals surface area contributed by atoms with E-state index in [4.69, 9.17) is 0 Å². The Morgan fingerprint density at radius 1 is 1.33 bits per heavy atom. The minimum Gasteiger partial charge on any atom is -0.311 e. The molecule has 21 heavy (non-hydrogen) atoms. The Balaban J connectivity index is 1.74. The molecule has 2 nitrogen and oxygen atoms in total. The summed E-state index contributed by atoms with van der Waals surface area (Å²) in [5.74, 6) is 1.39. The normalized spacial score (nSPS) is 27.3. The van der Waals surface area contributed by atoms with Crippen molar-refractivity contribution in [1.82, 2.24) is 10.2 Å². The van der Waals surface area contributed by atoms with Gasteiger partial charge in [0.15, 0.2) is 0 Å². The summed E-state index contributed by atoms with van der Waals surface area (Å²) in [5.41, 5.74) is 2.33. The Labute approximate surface area is 127 Å². The molecule has 1 saturated heterocycles. The van der Waals surface area contributed by atoms with Gasteiger partial charge in [-0.15, -0.1) is 0 Å². The van der Waals surface area contributed by atoms with Gasteiger partial charge in [-0.3, -0.25) is 4.90 Å². The van der Waals surface area contributed by atoms with Crippen molar-refractivity contribution >= 4 is 0 Å². The Kier molecular flexibility index (Phi) is 4.32. The van der Waals surface area contributed by atoms with E-state index >= 15 is 0 Å². The van der Waals surface area contributed by atoms with E-state index in [0.717, 1.165) is 31.1 Å². The average molecular weight is 290 g/mol. The van der Waals surface area contributed by atoms with Crippen molar-refractivity contribution in [2.75, 3.05) is 13.1 Å². The van der Waals surface area contributed by atoms with E-state index in [1.54, 1.807) is 12.1 Å². The molecule has 0 spiro atoms. The molecule has 1 aliphatic carbocycles. The molecule has 1 aromatic carbocycles. The van der Waals surface area contributed by atoms with Gasteiger partial charge in [-0.1, -0.05) is 19.9 Å². The molecule has 0 aromatic heterocycles. The predicted molar refractivity (Wildman–Crippen MR) is 84.7 cm³/mol. The van der Waals surface area contributed by atoms with Crippen LogP contribution in [-0.2, 0) is 6.54 Å². The Hall–Kier alpha value is -0.930. The lowest BCUT2D eigenvalue weighted by molar-refractivity contribution is 0.0850. The molecular weight excluding hydrogens is 263 g/mol. The molecule has 1 heterocycles. The van der Waals surface area contributed by atoms with Crippen molar-refractivity contribution in [3.8, 4) is 0 Å². The highest BCUT2D eigenvalue weighted by Gasteiger charge is 2.37. The van der Waals surface area contributed by atoms with Gasteiger partial charge in [0.1, 0.15) is 5.82 Å². The van der Waals surface area contributed by atoms with Crippen LogP contribution >= 0.6 is 0 Å². The number of hydrogen-bond acceptors (Lipinski definition) is 2. The fourth-order valence-electron chi connectivity index (χ4n) is 3.56. The predicted octanol–water partition coefficient (Wildman–Crippen LogP) is 3.34. The lowest BCUT2D eigenvalue weighted by atomic mass is 9.95. The molecule has 0 amide bonds. The van der Waals surface area contributed by atoms with E-state index in [-0.39, 0.29) is 5.82 Å². The minimum absolute atomic E-state index is 0.132. The number of benzene rings is 1. The van der Waals surface area contributed by atoms with Crippen LogP contribution in [0, 0.1) is 24.6 Å². The van der Waals surface area contributed by atoms with Gasteiger partial charge in [0.2, 0.25) is 0 Å². The van der Waals surface area contributed by atoms with Gasteiger partial charge < -0.3 is 5.32 Å². The van der Waals surface area contributed by atoms with Crippen LogP contribution in [0.15, 0.2) is 18.2 Å². The zero-order valence-corrected chi connectivity index (χ0v) is 13.4. The van der Waals surface area contributed by atoms with E-state index < -0.39 is 0 Å². The minimum atomic E-state index is -0.132. The zero-order valence-electron chi connectivity index (χ0n) is 13.4. The molecular formula is C18H27FN2. The first kappa shape index (κ1) is 15.0. The van der Waals surface area contributed by atoms with Crippen molar-refractivity contribution in [3.05, 3.63) is 35.1 Å². The van der Waals surface area contributed by atoms with E-state index in [2.05, 4.69) is 24.1 Å². The van der Waals surface area contributed by atoms with Crippen LogP contribution in [0.4, 0.5) is 4.39 Å². The standard InChI is InChI=1S/C18H27FN2/c1-12(2)18-9-20-17(14-4-5-14)11-21(18)10-15-6-7-16(19)8-13(15)3/h6-8,12,14,17-18,20H,4-5,9-11H2,1-3H3. The van der Waals surface area contributed by atoms with Crippen molar-refractivity contribution < 1.29 is 4.39 Å². The van der Waals surface area contributed by atoms with Crippen LogP contribution < -0.4 is 5.32 Å². The Morgan fingerprint density at radius 3 is 2.71 bits per heavy atom. The molecule has 1 aromatic rings. The van der Waals surface area contributed by atoms with E-state index in [1.165, 1.54) is 18.4 Å². The molecule has 2 unspecified atom stereocenters. The third-order valence-corrected chi connectivity index (χ3v) is 5.13. The van der Waals surface area contributed by atoms with E-state index in [0.29, 0.717) is 18.0 Å². The second-order valence-corrected chi connectivity index (χ2v) is 7.16. The van der Waals surface area contributed by atoms with Gasteiger partial charge >= 0.3 is 0 Å². The molecule has 1 aliphatic heterocycles. The molecule has 2 fully saturated rings. The van der Waals surface area contributed by atoms with Crippen LogP contribution in [0.5, 0.6) is 0 Å². The second kappa shape index (κ2) is 6.05. The van der Waals surface area contributed by atoms with Crippen molar-refractivity contribution in [2.45, 2.75) is 52.2 Å². The summed E-state index contributed by atoms with van der Waals surface area (Å²) in [6.45, 7) is 9.77. The van der Waals surface area contributed by atoms with Crippen LogP contribution in [0.2, 0.25) is 0 Å². The lowest BCUT2D eigenvalue weighted by Gasteiger charge is -2.43. The number of piperazine rings is 1. The fraction of sp³-hybridized carbons (Fsp3) is 0.667. The molecule has 0 radical (unpaired) electrons. The lowest BCUT2D eigenvalue weighted by Crippen LogP contribution is -2.58. The monoisotopic (exact) mass is 290 g/mol. The molecule has 3 rings (SSSR count). The van der Waals surface area contributed by atoms with Crippen molar-refractivity contribution in [3.63, 3.8) is 0 Å². The zero-order chi connectivity index (χ0) is 15.0. The first-order chi connectivity index (χ1) is 10.0. The van der Waals surface area contributed by atoms with Gasteiger partial charge in [-0.05, 0) is 54.9 Å². The topological polar surface area (TPSA) is 15.3 Å². The van der Waals surface area contributed by atoms with Gasteiger partial charge in [-0.25, -0.2) is 4.39 Å². The van der Waals surface area contributed by atoms with Gasteiger partial charge in [0.05, 0.1) is 0 Å². The van der Waals surface area contributed by atoms with Crippen LogP contribution in [0.1, 0.15) is 37.8 Å². The van der Waals surface area contributed by atoms with Gasteiger partial charge in [0.25, 0.3) is 0 Å². The van der Waals surface area contributed by atoms with E-state index in [9.17, 15) is 4.39 Å². The third kappa shape index (κ3) is 3.46. The van der Waals surface area contributed by atoms with Crippen LogP contribution in [0.25, 0.3) is 0 Å². The summed E-state index contributed by atoms with van der Waals surface area (Å²) >= 11 is 0. The summed E-state index contributed by atoms with van der Waals surface area (Å²) in [6, 6.07) is 6.43. The Morgan fingerprint density at radius 2 is 2.10 bits per heavy atom. The molecule has 2 atom stereocenters. The number of nitrogens with one attached hydrogen (secondary N) is 1. The summed E-state index contributed by atoms with van der Waals surface area (Å²) in [6.07, 6.45) is 2.76. The van der Waals surface area contributed by atoms with Gasteiger partial charge in [0, 0.05) is 31.7 Å². The maximum atomic E-state index is 13.3. The van der Waals surface area contributed by atoms with Gasteiger partial charge in [-0.2, -0.15) is 0 Å². The molecule has 116 valence electrons. The molecule has 2 aliphatic rings. The molecule has 0 bridgehead atoms. The van der Waals surface area contributed by atoms with Crippen molar-refractivity contribution in [1.29, 1.82) is 0 Å². The maximum Gasteiger partial charge on any atom is 0.123 e. The first-order valence-corrected chi connectivity index (χ1v) is 8.27.